The summed E-state index contributed by atoms with van der Waals surface area (Å²) in [5.41, 5.74) is 2.17. The maximum absolute atomic E-state index is 12.7. The summed E-state index contributed by atoms with van der Waals surface area (Å²) < 4.78 is 29.6. The second-order valence-corrected chi connectivity index (χ2v) is 9.96. The number of anilines is 1. The van der Waals surface area contributed by atoms with Gasteiger partial charge in [-0.2, -0.15) is 0 Å². The molecule has 1 fully saturated rings. The number of carbonyl (C=O) groups excluding carboxylic acids is 1. The van der Waals surface area contributed by atoms with Gasteiger partial charge in [-0.05, 0) is 54.8 Å². The van der Waals surface area contributed by atoms with Crippen molar-refractivity contribution in [2.45, 2.75) is 43.8 Å². The smallest absolute Gasteiger partial charge is 0.235 e. The number of fused-ring (bicyclic) bond motifs is 1. The Kier molecular flexibility index (Phi) is 5.65. The number of benzene rings is 2. The molecule has 29 heavy (non-hydrogen) atoms. The zero-order valence-electron chi connectivity index (χ0n) is 16.0. The molecule has 5 nitrogen and oxygen atoms in total. The van der Waals surface area contributed by atoms with Crippen molar-refractivity contribution < 1.29 is 13.2 Å². The van der Waals surface area contributed by atoms with Gasteiger partial charge in [-0.1, -0.05) is 43.0 Å². The van der Waals surface area contributed by atoms with Gasteiger partial charge in [0.05, 0.1) is 17.2 Å². The van der Waals surface area contributed by atoms with Crippen LogP contribution < -0.4 is 4.72 Å². The summed E-state index contributed by atoms with van der Waals surface area (Å²) in [6.07, 6.45) is 6.45. The van der Waals surface area contributed by atoms with Gasteiger partial charge in [-0.15, -0.1) is 0 Å². The molecule has 0 saturated heterocycles. The van der Waals surface area contributed by atoms with Gasteiger partial charge in [0.2, 0.25) is 15.9 Å². The lowest BCUT2D eigenvalue weighted by atomic mass is 10.0. The molecule has 0 radical (unpaired) electrons. The number of rotatable bonds is 5. The molecule has 1 heterocycles. The zero-order valence-corrected chi connectivity index (χ0v) is 17.5. The van der Waals surface area contributed by atoms with E-state index in [2.05, 4.69) is 4.72 Å². The van der Waals surface area contributed by atoms with Crippen molar-refractivity contribution in [1.29, 1.82) is 0 Å². The van der Waals surface area contributed by atoms with Crippen LogP contribution in [0.3, 0.4) is 0 Å². The molecule has 152 valence electrons. The average molecular weight is 431 g/mol. The highest BCUT2D eigenvalue weighted by molar-refractivity contribution is 7.93. The minimum absolute atomic E-state index is 0.0575. The molecule has 0 amide bonds. The van der Waals surface area contributed by atoms with Crippen LogP contribution in [0.5, 0.6) is 0 Å². The Morgan fingerprint density at radius 3 is 2.48 bits per heavy atom. The summed E-state index contributed by atoms with van der Waals surface area (Å²) in [5, 5.41) is 1.13. The van der Waals surface area contributed by atoms with E-state index >= 15 is 0 Å². The van der Waals surface area contributed by atoms with Crippen molar-refractivity contribution in [1.82, 2.24) is 4.57 Å². The molecule has 1 aliphatic rings. The molecule has 0 spiro atoms. The van der Waals surface area contributed by atoms with Crippen LogP contribution in [0.1, 0.15) is 42.5 Å². The van der Waals surface area contributed by atoms with Crippen LogP contribution in [0.15, 0.2) is 54.7 Å². The van der Waals surface area contributed by atoms with Crippen LogP contribution in [0, 0.1) is 0 Å². The van der Waals surface area contributed by atoms with Crippen molar-refractivity contribution in [3.05, 3.63) is 65.3 Å². The molecular formula is C22H23ClN2O3S. The van der Waals surface area contributed by atoms with E-state index in [0.717, 1.165) is 35.7 Å². The van der Waals surface area contributed by atoms with Crippen LogP contribution in [-0.2, 0) is 16.4 Å². The molecular weight excluding hydrogens is 408 g/mol. The minimum Gasteiger partial charge on any atom is -0.287 e. The first-order valence-corrected chi connectivity index (χ1v) is 11.8. The molecule has 1 N–H and O–H groups in total. The quantitative estimate of drug-likeness (QED) is 0.600. The summed E-state index contributed by atoms with van der Waals surface area (Å²) in [6, 6.07) is 14.3. The second kappa shape index (κ2) is 8.20. The topological polar surface area (TPSA) is 68.2 Å². The van der Waals surface area contributed by atoms with E-state index in [9.17, 15) is 13.2 Å². The maximum atomic E-state index is 12.7. The van der Waals surface area contributed by atoms with Gasteiger partial charge in [0.1, 0.15) is 0 Å². The van der Waals surface area contributed by atoms with Gasteiger partial charge in [-0.25, -0.2) is 8.42 Å². The Balaban J connectivity index is 1.52. The fourth-order valence-electron chi connectivity index (χ4n) is 3.91. The number of hydrogen-bond acceptors (Lipinski definition) is 3. The van der Waals surface area contributed by atoms with E-state index < -0.39 is 10.0 Å². The highest BCUT2D eigenvalue weighted by Crippen LogP contribution is 2.27. The van der Waals surface area contributed by atoms with Crippen LogP contribution in [0.25, 0.3) is 10.9 Å². The number of nitrogens with one attached hydrogen (secondary N) is 1. The fraction of sp³-hybridized carbons (Fsp3) is 0.318. The minimum atomic E-state index is -3.39. The third-order valence-corrected chi connectivity index (χ3v) is 7.60. The Bertz CT molecular complexity index is 1130. The summed E-state index contributed by atoms with van der Waals surface area (Å²) in [6.45, 7) is 0. The van der Waals surface area contributed by atoms with Gasteiger partial charge in [-0.3, -0.25) is 14.1 Å². The highest BCUT2D eigenvalue weighted by atomic mass is 35.5. The molecule has 2 aromatic carbocycles. The third kappa shape index (κ3) is 4.49. The Labute approximate surface area is 175 Å². The third-order valence-electron chi connectivity index (χ3n) is 5.48. The van der Waals surface area contributed by atoms with Crippen LogP contribution in [0.2, 0.25) is 5.02 Å². The van der Waals surface area contributed by atoms with Crippen LogP contribution >= 0.6 is 11.6 Å². The predicted octanol–water partition coefficient (Wildman–Crippen LogP) is 5.25. The first kappa shape index (κ1) is 20.0. The molecule has 0 aliphatic heterocycles. The van der Waals surface area contributed by atoms with E-state index in [1.807, 2.05) is 18.2 Å². The number of carbonyl (C=O) groups is 1. The van der Waals surface area contributed by atoms with Gasteiger partial charge in [0, 0.05) is 22.3 Å². The lowest BCUT2D eigenvalue weighted by molar-refractivity contribution is 0.0919. The maximum Gasteiger partial charge on any atom is 0.235 e. The molecule has 1 aromatic heterocycles. The monoisotopic (exact) mass is 430 g/mol. The number of hydrogen-bond donors (Lipinski definition) is 1. The molecule has 0 atom stereocenters. The lowest BCUT2D eigenvalue weighted by Crippen LogP contribution is -2.29. The van der Waals surface area contributed by atoms with E-state index in [1.54, 1.807) is 41.1 Å². The highest BCUT2D eigenvalue weighted by Gasteiger charge is 2.27. The Morgan fingerprint density at radius 1 is 1.03 bits per heavy atom. The first-order chi connectivity index (χ1) is 13.9. The van der Waals surface area contributed by atoms with Gasteiger partial charge in [0.15, 0.2) is 0 Å². The van der Waals surface area contributed by atoms with Crippen molar-refractivity contribution >= 4 is 44.1 Å². The van der Waals surface area contributed by atoms with Crippen LogP contribution in [-0.4, -0.2) is 24.1 Å². The Hall–Kier alpha value is -2.31. The fourth-order valence-corrected chi connectivity index (χ4v) is 5.61. The summed E-state index contributed by atoms with van der Waals surface area (Å²) in [7, 11) is -3.39. The molecule has 1 aliphatic carbocycles. The van der Waals surface area contributed by atoms with Crippen molar-refractivity contribution in [2.75, 3.05) is 4.72 Å². The molecule has 0 unspecified atom stereocenters. The van der Waals surface area contributed by atoms with Crippen molar-refractivity contribution in [3.63, 3.8) is 0 Å². The van der Waals surface area contributed by atoms with Gasteiger partial charge in [0.25, 0.3) is 0 Å². The normalized spacial score (nSPS) is 15.5. The Morgan fingerprint density at radius 2 is 1.76 bits per heavy atom. The average Bonchev–Trinajstić information content (AvgIpc) is 3.13. The largest absolute Gasteiger partial charge is 0.287 e. The van der Waals surface area contributed by atoms with E-state index in [0.29, 0.717) is 23.6 Å². The van der Waals surface area contributed by atoms with Gasteiger partial charge >= 0.3 is 0 Å². The molecule has 3 aromatic rings. The summed E-state index contributed by atoms with van der Waals surface area (Å²) >= 11 is 5.90. The zero-order chi connectivity index (χ0) is 20.4. The van der Waals surface area contributed by atoms with E-state index in [4.69, 9.17) is 11.6 Å². The van der Waals surface area contributed by atoms with Gasteiger partial charge < -0.3 is 0 Å². The SMILES string of the molecule is O=C(Cc1ccc(Cl)cc1)n1ccc2cc(NS(=O)(=O)C3CCCCC3)ccc21. The first-order valence-electron chi connectivity index (χ1n) is 9.83. The number of aromatic nitrogens is 1. The van der Waals surface area contributed by atoms with Crippen molar-refractivity contribution in [3.8, 4) is 0 Å². The summed E-state index contributed by atoms with van der Waals surface area (Å²) in [5.74, 6) is -0.0575. The number of nitrogens with zero attached hydrogens (tertiary/aromatic N) is 1. The van der Waals surface area contributed by atoms with E-state index in [-0.39, 0.29) is 17.6 Å². The predicted molar refractivity (Wildman–Crippen MR) is 117 cm³/mol. The second-order valence-electron chi connectivity index (χ2n) is 7.56. The lowest BCUT2D eigenvalue weighted by Gasteiger charge is -2.22. The van der Waals surface area contributed by atoms with Crippen molar-refractivity contribution in [2.24, 2.45) is 0 Å². The number of sulfonamides is 1. The molecule has 0 bridgehead atoms. The van der Waals surface area contributed by atoms with Crippen LogP contribution in [0.4, 0.5) is 5.69 Å². The molecule has 1 saturated carbocycles. The molecule has 4 rings (SSSR count). The number of halogens is 1. The standard InChI is InChI=1S/C22H23ClN2O3S/c23-18-8-6-16(7-9-18)14-22(26)25-13-12-17-15-19(10-11-21(17)25)24-29(27,28)20-4-2-1-3-5-20/h6-13,15,20,24H,1-5,14H2. The summed E-state index contributed by atoms with van der Waals surface area (Å²) in [4.78, 5) is 12.7. The van der Waals surface area contributed by atoms with E-state index in [1.165, 1.54) is 0 Å². The molecule has 7 heteroatoms.